The van der Waals surface area contributed by atoms with Crippen molar-refractivity contribution in [1.82, 2.24) is 0 Å². The number of carbonyl (C=O) groups is 1. The molecule has 0 bridgehead atoms. The molecule has 0 radical (unpaired) electrons. The van der Waals surface area contributed by atoms with Crippen LogP contribution in [0.5, 0.6) is 0 Å². The number of allylic oxidation sites excluding steroid dienone is 2. The fourth-order valence-electron chi connectivity index (χ4n) is 3.88. The normalized spacial score (nSPS) is 14.7. The molecule has 0 heterocycles. The third-order valence-corrected chi connectivity index (χ3v) is 7.20. The van der Waals surface area contributed by atoms with Crippen LogP contribution in [0.1, 0.15) is 21.5 Å². The average molecular weight is 487 g/mol. The Morgan fingerprint density at radius 1 is 0.824 bits per heavy atom. The van der Waals surface area contributed by atoms with Crippen molar-refractivity contribution in [3.8, 4) is 0 Å². The van der Waals surface area contributed by atoms with E-state index in [1.807, 2.05) is 37.3 Å². The molecule has 0 aromatic heterocycles. The van der Waals surface area contributed by atoms with Crippen molar-refractivity contribution in [2.75, 3.05) is 5.32 Å². The summed E-state index contributed by atoms with van der Waals surface area (Å²) in [5, 5.41) is 5.37. The van der Waals surface area contributed by atoms with Crippen LogP contribution in [-0.2, 0) is 10.0 Å². The third-order valence-electron chi connectivity index (χ3n) is 5.68. The standard InChI is InChI=1S/C27H19ClN2O3S/c1-17-10-12-20(28)15-24(17)29-26-16-25(22-8-4-5-9-23(22)27(26)31)30-34(32,33)21-13-11-18-6-2-3-7-19(18)14-21/h2-16,29H,1H3. The van der Waals surface area contributed by atoms with Crippen LogP contribution in [0.3, 0.4) is 0 Å². The highest BCUT2D eigenvalue weighted by molar-refractivity contribution is 7.90. The SMILES string of the molecule is Cc1ccc(Cl)cc1NC1=CC(=NS(=O)(=O)c2ccc3ccccc3c2)c2ccccc2C1=O. The van der Waals surface area contributed by atoms with Gasteiger partial charge < -0.3 is 5.32 Å². The Bertz CT molecular complexity index is 1640. The van der Waals surface area contributed by atoms with Gasteiger partial charge >= 0.3 is 0 Å². The molecule has 0 amide bonds. The van der Waals surface area contributed by atoms with Gasteiger partial charge in [0.05, 0.1) is 16.3 Å². The van der Waals surface area contributed by atoms with Crippen LogP contribution in [-0.4, -0.2) is 19.9 Å². The van der Waals surface area contributed by atoms with Crippen LogP contribution in [0.15, 0.2) is 106 Å². The van der Waals surface area contributed by atoms with E-state index >= 15 is 0 Å². The third kappa shape index (κ3) is 4.14. The van der Waals surface area contributed by atoms with E-state index in [-0.39, 0.29) is 22.1 Å². The smallest absolute Gasteiger partial charge is 0.282 e. The summed E-state index contributed by atoms with van der Waals surface area (Å²) in [5.41, 5.74) is 2.79. The Kier molecular flexibility index (Phi) is 5.55. The molecule has 0 fully saturated rings. The van der Waals surface area contributed by atoms with Crippen LogP contribution in [0.2, 0.25) is 5.02 Å². The number of anilines is 1. The summed E-state index contributed by atoms with van der Waals surface area (Å²) >= 11 is 6.13. The van der Waals surface area contributed by atoms with Crippen LogP contribution in [0, 0.1) is 6.92 Å². The second-order valence-corrected chi connectivity index (χ2v) is 10.0. The molecule has 168 valence electrons. The highest BCUT2D eigenvalue weighted by Gasteiger charge is 2.26. The quantitative estimate of drug-likeness (QED) is 0.374. The highest BCUT2D eigenvalue weighted by atomic mass is 35.5. The van der Waals surface area contributed by atoms with Crippen molar-refractivity contribution >= 4 is 49.6 Å². The average Bonchev–Trinajstić information content (AvgIpc) is 2.84. The molecular formula is C27H19ClN2O3S. The molecule has 34 heavy (non-hydrogen) atoms. The Balaban J connectivity index is 1.62. The number of nitrogens with one attached hydrogen (secondary N) is 1. The Labute approximate surface area is 202 Å². The lowest BCUT2D eigenvalue weighted by molar-refractivity contribution is 0.103. The van der Waals surface area contributed by atoms with Gasteiger partial charge in [0, 0.05) is 21.8 Å². The molecule has 7 heteroatoms. The Morgan fingerprint density at radius 2 is 1.53 bits per heavy atom. The van der Waals surface area contributed by atoms with E-state index < -0.39 is 10.0 Å². The topological polar surface area (TPSA) is 75.6 Å². The zero-order chi connectivity index (χ0) is 23.9. The van der Waals surface area contributed by atoms with E-state index in [9.17, 15) is 13.2 Å². The van der Waals surface area contributed by atoms with Crippen molar-refractivity contribution < 1.29 is 13.2 Å². The van der Waals surface area contributed by atoms with Gasteiger partial charge in [-0.25, -0.2) is 0 Å². The molecule has 1 N–H and O–H groups in total. The fraction of sp³-hybridized carbons (Fsp3) is 0.0370. The lowest BCUT2D eigenvalue weighted by atomic mass is 9.92. The summed E-state index contributed by atoms with van der Waals surface area (Å²) in [5.74, 6) is -0.253. The maximum atomic E-state index is 13.3. The summed E-state index contributed by atoms with van der Waals surface area (Å²) in [4.78, 5) is 13.3. The minimum absolute atomic E-state index is 0.0849. The number of hydrogen-bond donors (Lipinski definition) is 1. The predicted octanol–water partition coefficient (Wildman–Crippen LogP) is 6.17. The Morgan fingerprint density at radius 3 is 2.32 bits per heavy atom. The van der Waals surface area contributed by atoms with E-state index in [0.717, 1.165) is 16.3 Å². The molecule has 0 aliphatic heterocycles. The van der Waals surface area contributed by atoms with E-state index in [2.05, 4.69) is 9.71 Å². The number of nitrogens with zero attached hydrogens (tertiary/aromatic N) is 1. The lowest BCUT2D eigenvalue weighted by Gasteiger charge is -2.19. The van der Waals surface area contributed by atoms with Gasteiger partial charge in [0.1, 0.15) is 0 Å². The number of ketones is 1. The first kappa shape index (κ1) is 22.1. The van der Waals surface area contributed by atoms with Crippen LogP contribution in [0.4, 0.5) is 5.69 Å². The first-order valence-electron chi connectivity index (χ1n) is 10.5. The highest BCUT2D eigenvalue weighted by Crippen LogP contribution is 2.28. The number of hydrogen-bond acceptors (Lipinski definition) is 4. The van der Waals surface area contributed by atoms with Crippen LogP contribution < -0.4 is 5.32 Å². The van der Waals surface area contributed by atoms with Crippen LogP contribution >= 0.6 is 11.6 Å². The fourth-order valence-corrected chi connectivity index (χ4v) is 5.09. The summed E-state index contributed by atoms with van der Waals surface area (Å²) in [6.07, 6.45) is 1.48. The molecule has 4 aromatic carbocycles. The van der Waals surface area contributed by atoms with Crippen LogP contribution in [0.25, 0.3) is 10.8 Å². The van der Waals surface area contributed by atoms with Crippen molar-refractivity contribution in [3.05, 3.63) is 118 Å². The summed E-state index contributed by atoms with van der Waals surface area (Å²) in [6.45, 7) is 1.89. The molecule has 0 atom stereocenters. The van der Waals surface area contributed by atoms with Gasteiger partial charge in [-0.2, -0.15) is 12.8 Å². The number of sulfonamides is 1. The molecule has 4 aromatic rings. The summed E-state index contributed by atoms with van der Waals surface area (Å²) in [6, 6.07) is 24.6. The maximum Gasteiger partial charge on any atom is 0.282 e. The molecule has 0 saturated heterocycles. The maximum absolute atomic E-state index is 13.3. The number of fused-ring (bicyclic) bond motifs is 2. The second-order valence-electron chi connectivity index (χ2n) is 7.98. The molecule has 0 spiro atoms. The van der Waals surface area contributed by atoms with Gasteiger partial charge in [-0.1, -0.05) is 72.3 Å². The Hall–Kier alpha value is -3.74. The van der Waals surface area contributed by atoms with E-state index in [1.165, 1.54) is 6.08 Å². The number of rotatable bonds is 4. The minimum Gasteiger partial charge on any atom is -0.352 e. The molecular weight excluding hydrogens is 468 g/mol. The number of aryl methyl sites for hydroxylation is 1. The van der Waals surface area contributed by atoms with Crippen molar-refractivity contribution in [3.63, 3.8) is 0 Å². The summed E-state index contributed by atoms with van der Waals surface area (Å²) < 4.78 is 30.7. The largest absolute Gasteiger partial charge is 0.352 e. The van der Waals surface area contributed by atoms with Crippen molar-refractivity contribution in [1.29, 1.82) is 0 Å². The molecule has 0 saturated carbocycles. The number of carbonyl (C=O) groups excluding carboxylic acids is 1. The van der Waals surface area contributed by atoms with Gasteiger partial charge in [-0.05, 0) is 53.6 Å². The van der Waals surface area contributed by atoms with E-state index in [1.54, 1.807) is 54.6 Å². The molecule has 5 nitrogen and oxygen atoms in total. The van der Waals surface area contributed by atoms with Gasteiger partial charge in [0.2, 0.25) is 5.78 Å². The van der Waals surface area contributed by atoms with Gasteiger partial charge in [-0.3, -0.25) is 4.79 Å². The number of benzene rings is 4. The number of Topliss-reactive ketones (excluding diaryl/α,β-unsaturated/α-hetero) is 1. The number of halogens is 1. The van der Waals surface area contributed by atoms with Gasteiger partial charge in [-0.15, -0.1) is 0 Å². The first-order chi connectivity index (χ1) is 16.3. The van der Waals surface area contributed by atoms with E-state index in [0.29, 0.717) is 21.8 Å². The van der Waals surface area contributed by atoms with Crippen molar-refractivity contribution in [2.45, 2.75) is 11.8 Å². The predicted molar refractivity (Wildman–Crippen MR) is 136 cm³/mol. The minimum atomic E-state index is -4.04. The zero-order valence-corrected chi connectivity index (χ0v) is 19.7. The molecule has 1 aliphatic rings. The second kappa shape index (κ2) is 8.56. The molecule has 1 aliphatic carbocycles. The zero-order valence-electron chi connectivity index (χ0n) is 18.1. The summed E-state index contributed by atoms with van der Waals surface area (Å²) in [7, 11) is -4.04. The van der Waals surface area contributed by atoms with Gasteiger partial charge in [0.25, 0.3) is 10.0 Å². The van der Waals surface area contributed by atoms with E-state index in [4.69, 9.17) is 11.6 Å². The molecule has 5 rings (SSSR count). The van der Waals surface area contributed by atoms with Gasteiger partial charge in [0.15, 0.2) is 0 Å². The lowest BCUT2D eigenvalue weighted by Crippen LogP contribution is -2.23. The van der Waals surface area contributed by atoms with Crippen molar-refractivity contribution in [2.24, 2.45) is 4.40 Å². The molecule has 0 unspecified atom stereocenters. The first-order valence-corrected chi connectivity index (χ1v) is 12.4. The monoisotopic (exact) mass is 486 g/mol.